The van der Waals surface area contributed by atoms with Gasteiger partial charge in [-0.1, -0.05) is 12.1 Å². The molecule has 0 aliphatic carbocycles. The topological polar surface area (TPSA) is 217 Å². The predicted molar refractivity (Wildman–Crippen MR) is 148 cm³/mol. The second-order valence-corrected chi connectivity index (χ2v) is 9.66. The van der Waals surface area contributed by atoms with Crippen LogP contribution in [-0.2, 0) is 14.3 Å². The lowest BCUT2D eigenvalue weighted by molar-refractivity contribution is -0.278. The monoisotopic (exact) mass is 594 g/mol. The van der Waals surface area contributed by atoms with E-state index in [4.69, 9.17) is 18.6 Å². The molecule has 5 atom stereocenters. The van der Waals surface area contributed by atoms with Gasteiger partial charge in [0.2, 0.25) is 17.5 Å². The number of hydrogen-bond acceptors (Lipinski definition) is 13. The third-order valence-electron chi connectivity index (χ3n) is 6.67. The van der Waals surface area contributed by atoms with Crippen molar-refractivity contribution in [3.63, 3.8) is 0 Å². The molecule has 0 bridgehead atoms. The van der Waals surface area contributed by atoms with E-state index in [2.05, 4.69) is 0 Å². The van der Waals surface area contributed by atoms with Gasteiger partial charge in [0.15, 0.2) is 5.76 Å². The van der Waals surface area contributed by atoms with Crippen LogP contribution in [0.5, 0.6) is 28.7 Å². The highest BCUT2D eigenvalue weighted by molar-refractivity contribution is 5.88. The lowest BCUT2D eigenvalue weighted by atomic mass is 9.99. The molecule has 0 radical (unpaired) electrons. The van der Waals surface area contributed by atoms with Gasteiger partial charge in [0.1, 0.15) is 65.0 Å². The van der Waals surface area contributed by atoms with Gasteiger partial charge in [0.05, 0.1) is 0 Å². The van der Waals surface area contributed by atoms with E-state index in [9.17, 15) is 45.3 Å². The number of aromatic hydroxyl groups is 4. The smallest absolute Gasteiger partial charge is 0.330 e. The number of phenols is 3. The number of hydrogen-bond donors (Lipinski definition) is 7. The summed E-state index contributed by atoms with van der Waals surface area (Å²) >= 11 is 0. The van der Waals surface area contributed by atoms with Crippen molar-refractivity contribution >= 4 is 23.0 Å². The summed E-state index contributed by atoms with van der Waals surface area (Å²) in [6, 6.07) is 13.6. The van der Waals surface area contributed by atoms with Crippen LogP contribution in [0.25, 0.3) is 28.4 Å². The maximum atomic E-state index is 12.8. The van der Waals surface area contributed by atoms with Crippen LogP contribution in [0.4, 0.5) is 0 Å². The van der Waals surface area contributed by atoms with Crippen LogP contribution in [0.3, 0.4) is 0 Å². The Labute approximate surface area is 242 Å². The van der Waals surface area contributed by atoms with Crippen LogP contribution in [0.2, 0.25) is 0 Å². The molecular weight excluding hydrogens is 568 g/mol. The van der Waals surface area contributed by atoms with Crippen molar-refractivity contribution in [2.24, 2.45) is 0 Å². The Hall–Kier alpha value is -5.08. The molecule has 5 rings (SSSR count). The summed E-state index contributed by atoms with van der Waals surface area (Å²) in [5, 5.41) is 70.7. The summed E-state index contributed by atoms with van der Waals surface area (Å²) in [6.45, 7) is -0.531. The number of carbonyl (C=O) groups excluding carboxylic acids is 1. The lowest BCUT2D eigenvalue weighted by Gasteiger charge is -2.39. The number of benzene rings is 3. The average molecular weight is 595 g/mol. The maximum absolute atomic E-state index is 12.8. The second kappa shape index (κ2) is 12.0. The zero-order valence-electron chi connectivity index (χ0n) is 22.1. The molecule has 1 aliphatic heterocycles. The van der Waals surface area contributed by atoms with Crippen LogP contribution >= 0.6 is 0 Å². The Morgan fingerprint density at radius 3 is 2.19 bits per heavy atom. The Bertz CT molecular complexity index is 1710. The molecule has 43 heavy (non-hydrogen) atoms. The number of ether oxygens (including phenoxy) is 3. The molecule has 224 valence electrons. The summed E-state index contributed by atoms with van der Waals surface area (Å²) in [6.07, 6.45) is -5.65. The first-order valence-corrected chi connectivity index (χ1v) is 12.8. The first kappa shape index (κ1) is 29.4. The molecule has 1 aliphatic rings. The first-order valence-electron chi connectivity index (χ1n) is 12.8. The quantitative estimate of drug-likeness (QED) is 0.120. The second-order valence-electron chi connectivity index (χ2n) is 9.66. The summed E-state index contributed by atoms with van der Waals surface area (Å²) in [7, 11) is 0. The van der Waals surface area contributed by atoms with Crippen LogP contribution < -0.4 is 10.2 Å². The zero-order chi connectivity index (χ0) is 30.8. The molecule has 2 heterocycles. The van der Waals surface area contributed by atoms with Crippen LogP contribution in [-0.4, -0.2) is 79.0 Å². The molecule has 1 saturated heterocycles. The van der Waals surface area contributed by atoms with Gasteiger partial charge in [-0.15, -0.1) is 0 Å². The standard InChI is InChI=1S/C30H26O13/c31-16-6-1-14(2-7-16)3-10-22(34)40-13-21-24(35)26(37)28(39)30(43-21)41-18-11-19(33)23-20(12-18)42-29(27(38)25(23)36)15-4-8-17(32)9-5-15/h1-12,21,24,26,28,30-33,35,37-39H,13H2/b10-3+/t21-,24-,26+,28-,30-/m0/s1. The number of carbonyl (C=O) groups is 1. The van der Waals surface area contributed by atoms with Gasteiger partial charge in [-0.05, 0) is 48.0 Å². The molecule has 13 heteroatoms. The molecule has 0 unspecified atom stereocenters. The molecule has 13 nitrogen and oxygen atoms in total. The van der Waals surface area contributed by atoms with E-state index >= 15 is 0 Å². The van der Waals surface area contributed by atoms with E-state index < -0.39 is 60.2 Å². The predicted octanol–water partition coefficient (Wildman–Crippen LogP) is 1.73. The van der Waals surface area contributed by atoms with Crippen molar-refractivity contribution < 1.29 is 59.2 Å². The average Bonchev–Trinajstić information content (AvgIpc) is 2.98. The fourth-order valence-corrected chi connectivity index (χ4v) is 4.39. The minimum absolute atomic E-state index is 0.0576. The molecule has 0 amide bonds. The van der Waals surface area contributed by atoms with Crippen molar-refractivity contribution in [1.29, 1.82) is 0 Å². The van der Waals surface area contributed by atoms with Crippen molar-refractivity contribution in [3.8, 4) is 40.1 Å². The molecule has 4 aromatic rings. The Morgan fingerprint density at radius 2 is 1.51 bits per heavy atom. The van der Waals surface area contributed by atoms with Crippen LogP contribution in [0.1, 0.15) is 5.56 Å². The highest BCUT2D eigenvalue weighted by Gasteiger charge is 2.45. The summed E-state index contributed by atoms with van der Waals surface area (Å²) in [4.78, 5) is 25.0. The lowest BCUT2D eigenvalue weighted by Crippen LogP contribution is -2.60. The number of aliphatic hydroxyl groups is 3. The minimum Gasteiger partial charge on any atom is -0.508 e. The Kier molecular flexibility index (Phi) is 8.23. The molecule has 7 N–H and O–H groups in total. The van der Waals surface area contributed by atoms with Gasteiger partial charge in [-0.3, -0.25) is 4.79 Å². The van der Waals surface area contributed by atoms with Gasteiger partial charge >= 0.3 is 5.97 Å². The van der Waals surface area contributed by atoms with Crippen LogP contribution in [0.15, 0.2) is 76.0 Å². The highest BCUT2D eigenvalue weighted by Crippen LogP contribution is 2.36. The number of fused-ring (bicyclic) bond motifs is 1. The van der Waals surface area contributed by atoms with E-state index in [-0.39, 0.29) is 39.5 Å². The van der Waals surface area contributed by atoms with E-state index in [1.807, 2.05) is 0 Å². The van der Waals surface area contributed by atoms with Crippen molar-refractivity contribution in [3.05, 3.63) is 82.5 Å². The summed E-state index contributed by atoms with van der Waals surface area (Å²) < 4.78 is 22.0. The van der Waals surface area contributed by atoms with Crippen molar-refractivity contribution in [1.82, 2.24) is 0 Å². The summed E-state index contributed by atoms with van der Waals surface area (Å²) in [5.74, 6) is -2.65. The van der Waals surface area contributed by atoms with E-state index in [0.29, 0.717) is 5.56 Å². The number of aliphatic hydroxyl groups excluding tert-OH is 3. The maximum Gasteiger partial charge on any atom is 0.330 e. The van der Waals surface area contributed by atoms with Crippen LogP contribution in [0, 0.1) is 0 Å². The first-order chi connectivity index (χ1) is 20.5. The van der Waals surface area contributed by atoms with Gasteiger partial charge in [0, 0.05) is 23.8 Å². The fraction of sp³-hybridized carbons (Fsp3) is 0.200. The third-order valence-corrected chi connectivity index (χ3v) is 6.67. The molecule has 3 aromatic carbocycles. The number of rotatable bonds is 7. The van der Waals surface area contributed by atoms with Crippen molar-refractivity contribution in [2.75, 3.05) is 6.61 Å². The largest absolute Gasteiger partial charge is 0.508 e. The molecule has 0 spiro atoms. The molecule has 1 fully saturated rings. The van der Waals surface area contributed by atoms with Gasteiger partial charge in [-0.2, -0.15) is 0 Å². The van der Waals surface area contributed by atoms with Crippen molar-refractivity contribution in [2.45, 2.75) is 30.7 Å². The number of esters is 1. The fourth-order valence-electron chi connectivity index (χ4n) is 4.39. The highest BCUT2D eigenvalue weighted by atomic mass is 16.7. The molecule has 1 aromatic heterocycles. The zero-order valence-corrected chi connectivity index (χ0v) is 22.1. The van der Waals surface area contributed by atoms with Gasteiger partial charge < -0.3 is 54.4 Å². The third kappa shape index (κ3) is 6.24. The molecular formula is C30H26O13. The normalized spacial score (nSPS) is 22.1. The van der Waals surface area contributed by atoms with Gasteiger partial charge in [-0.25, -0.2) is 4.79 Å². The summed E-state index contributed by atoms with van der Waals surface area (Å²) in [5.41, 5.74) is -0.297. The van der Waals surface area contributed by atoms with Gasteiger partial charge in [0.25, 0.3) is 0 Å². The Balaban J connectivity index is 1.34. The van der Waals surface area contributed by atoms with E-state index in [1.165, 1.54) is 48.5 Å². The SMILES string of the molecule is O=C(/C=C/c1ccc(O)cc1)OC[C@@H]1O[C@H](Oc2cc(O)c3c(=O)c(O)c(-c4ccc(O)cc4)oc3c2)[C@@H](O)[C@H](O)[C@H]1O. The minimum atomic E-state index is -1.78. The Morgan fingerprint density at radius 1 is 0.860 bits per heavy atom. The molecule has 0 saturated carbocycles. The van der Waals surface area contributed by atoms with E-state index in [1.54, 1.807) is 12.1 Å². The number of phenolic OH excluding ortho intramolecular Hbond substituents is 3. The van der Waals surface area contributed by atoms with E-state index in [0.717, 1.165) is 12.1 Å².